The van der Waals surface area contributed by atoms with Crippen LogP contribution in [0.1, 0.15) is 48.6 Å². The molecule has 3 rings (SSSR count). The normalized spacial score (nSPS) is 12.8. The van der Waals surface area contributed by atoms with E-state index in [2.05, 4.69) is 10.4 Å². The minimum absolute atomic E-state index is 0.290. The highest BCUT2D eigenvalue weighted by Crippen LogP contribution is 2.29. The van der Waals surface area contributed by atoms with E-state index in [4.69, 9.17) is 4.74 Å². The van der Waals surface area contributed by atoms with E-state index in [1.165, 1.54) is 23.5 Å². The number of nitrogens with zero attached hydrogens (tertiary/aromatic N) is 2. The van der Waals surface area contributed by atoms with Crippen molar-refractivity contribution in [2.24, 2.45) is 0 Å². The maximum Gasteiger partial charge on any atom is 0.349 e. The van der Waals surface area contributed by atoms with E-state index in [0.717, 1.165) is 21.5 Å². The fourth-order valence-corrected chi connectivity index (χ4v) is 3.87. The Hall–Kier alpha value is -2.74. The second kappa shape index (κ2) is 7.94. The van der Waals surface area contributed by atoms with Crippen molar-refractivity contribution in [1.82, 2.24) is 15.1 Å². The standard InChI is InChI=1S/C21H24FN3O3S/c1-12-16-10-17(20(27)28-13(2)18(26)23-21(3,4)5)29-19(16)25(24-12)11-14-6-8-15(22)9-7-14/h6-10,13H,11H2,1-5H3,(H,23,26)/t13-/m1/s1. The Kier molecular flexibility index (Phi) is 5.75. The van der Waals surface area contributed by atoms with Crippen molar-refractivity contribution in [3.05, 3.63) is 52.3 Å². The number of nitrogens with one attached hydrogen (secondary N) is 1. The molecule has 0 fully saturated rings. The first-order valence-corrected chi connectivity index (χ1v) is 10.1. The number of halogens is 1. The van der Waals surface area contributed by atoms with E-state index in [1.54, 1.807) is 29.8 Å². The first-order chi connectivity index (χ1) is 13.5. The lowest BCUT2D eigenvalue weighted by Crippen LogP contribution is -2.46. The SMILES string of the molecule is Cc1nn(Cc2ccc(F)cc2)c2sc(C(=O)O[C@H](C)C(=O)NC(C)(C)C)cc12. The number of aromatic nitrogens is 2. The molecule has 0 saturated carbocycles. The van der Waals surface area contributed by atoms with Crippen molar-refractivity contribution in [3.8, 4) is 0 Å². The third-order valence-corrected chi connectivity index (χ3v) is 5.33. The van der Waals surface area contributed by atoms with Crippen LogP contribution < -0.4 is 5.32 Å². The van der Waals surface area contributed by atoms with Gasteiger partial charge in [-0.05, 0) is 58.4 Å². The fraction of sp³-hybridized carbons (Fsp3) is 0.381. The molecule has 0 radical (unpaired) electrons. The largest absolute Gasteiger partial charge is 0.448 e. The molecule has 1 atom stereocenters. The zero-order valence-electron chi connectivity index (χ0n) is 17.1. The van der Waals surface area contributed by atoms with Crippen LogP contribution in [0.4, 0.5) is 4.39 Å². The fourth-order valence-electron chi connectivity index (χ4n) is 2.83. The molecule has 3 aromatic rings. The van der Waals surface area contributed by atoms with Gasteiger partial charge in [0.25, 0.3) is 5.91 Å². The summed E-state index contributed by atoms with van der Waals surface area (Å²) in [5.74, 6) is -1.18. The molecule has 6 nitrogen and oxygen atoms in total. The van der Waals surface area contributed by atoms with Crippen LogP contribution in [0.2, 0.25) is 0 Å². The number of aryl methyl sites for hydroxylation is 1. The third kappa shape index (κ3) is 5.00. The number of amides is 1. The van der Waals surface area contributed by atoms with Gasteiger partial charge in [0.1, 0.15) is 15.5 Å². The highest BCUT2D eigenvalue weighted by Gasteiger charge is 2.24. The summed E-state index contributed by atoms with van der Waals surface area (Å²) in [6.45, 7) is 9.46. The van der Waals surface area contributed by atoms with Gasteiger partial charge in [0.2, 0.25) is 0 Å². The number of fused-ring (bicyclic) bond motifs is 1. The van der Waals surface area contributed by atoms with Crippen LogP contribution in [0.25, 0.3) is 10.2 Å². The second-order valence-electron chi connectivity index (χ2n) is 7.99. The monoisotopic (exact) mass is 417 g/mol. The topological polar surface area (TPSA) is 73.2 Å². The highest BCUT2D eigenvalue weighted by atomic mass is 32.1. The van der Waals surface area contributed by atoms with Crippen molar-refractivity contribution in [3.63, 3.8) is 0 Å². The van der Waals surface area contributed by atoms with Crippen molar-refractivity contribution >= 4 is 33.4 Å². The number of esters is 1. The summed E-state index contributed by atoms with van der Waals surface area (Å²) >= 11 is 1.26. The van der Waals surface area contributed by atoms with Crippen LogP contribution in [-0.2, 0) is 16.1 Å². The summed E-state index contributed by atoms with van der Waals surface area (Å²) in [7, 11) is 0. The highest BCUT2D eigenvalue weighted by molar-refractivity contribution is 7.20. The predicted octanol–water partition coefficient (Wildman–Crippen LogP) is 4.05. The average molecular weight is 418 g/mol. The Balaban J connectivity index is 1.78. The number of hydrogen-bond acceptors (Lipinski definition) is 5. The minimum Gasteiger partial charge on any atom is -0.448 e. The number of rotatable bonds is 5. The smallest absolute Gasteiger partial charge is 0.349 e. The van der Waals surface area contributed by atoms with Gasteiger partial charge >= 0.3 is 5.97 Å². The lowest BCUT2D eigenvalue weighted by atomic mass is 10.1. The van der Waals surface area contributed by atoms with Gasteiger partial charge in [0.15, 0.2) is 6.10 Å². The van der Waals surface area contributed by atoms with Crippen LogP contribution in [0.5, 0.6) is 0 Å². The molecule has 0 aliphatic rings. The minimum atomic E-state index is -0.899. The molecule has 2 heterocycles. The van der Waals surface area contributed by atoms with E-state index >= 15 is 0 Å². The maximum absolute atomic E-state index is 13.1. The van der Waals surface area contributed by atoms with E-state index < -0.39 is 17.6 Å². The molecule has 0 unspecified atom stereocenters. The zero-order valence-corrected chi connectivity index (χ0v) is 17.9. The Morgan fingerprint density at radius 2 is 1.93 bits per heavy atom. The van der Waals surface area contributed by atoms with Crippen LogP contribution in [0, 0.1) is 12.7 Å². The van der Waals surface area contributed by atoms with Gasteiger partial charge in [0.05, 0.1) is 12.2 Å². The van der Waals surface area contributed by atoms with Gasteiger partial charge in [-0.1, -0.05) is 12.1 Å². The Labute approximate surface area is 172 Å². The van der Waals surface area contributed by atoms with E-state index in [0.29, 0.717) is 11.4 Å². The van der Waals surface area contributed by atoms with Crippen LogP contribution >= 0.6 is 11.3 Å². The molecule has 1 aromatic carbocycles. The van der Waals surface area contributed by atoms with Crippen molar-refractivity contribution in [2.45, 2.75) is 52.8 Å². The number of thiophene rings is 1. The van der Waals surface area contributed by atoms with Gasteiger partial charge in [-0.15, -0.1) is 11.3 Å². The molecule has 0 aliphatic heterocycles. The number of benzene rings is 1. The summed E-state index contributed by atoms with van der Waals surface area (Å²) in [5.41, 5.74) is 1.28. The molecule has 1 amide bonds. The molecule has 2 aromatic heterocycles. The number of carbonyl (C=O) groups excluding carboxylic acids is 2. The van der Waals surface area contributed by atoms with Crippen molar-refractivity contribution in [1.29, 1.82) is 0 Å². The molecule has 8 heteroatoms. The van der Waals surface area contributed by atoms with Crippen LogP contribution in [-0.4, -0.2) is 33.3 Å². The van der Waals surface area contributed by atoms with Gasteiger partial charge in [0, 0.05) is 10.9 Å². The first-order valence-electron chi connectivity index (χ1n) is 9.28. The summed E-state index contributed by atoms with van der Waals surface area (Å²) < 4.78 is 20.3. The van der Waals surface area contributed by atoms with Crippen molar-refractivity contribution in [2.75, 3.05) is 0 Å². The summed E-state index contributed by atoms with van der Waals surface area (Å²) in [6, 6.07) is 7.96. The average Bonchev–Trinajstić information content (AvgIpc) is 3.17. The van der Waals surface area contributed by atoms with Crippen LogP contribution in [0.15, 0.2) is 30.3 Å². The van der Waals surface area contributed by atoms with E-state index in [1.807, 2.05) is 27.7 Å². The quantitative estimate of drug-likeness (QED) is 0.636. The Morgan fingerprint density at radius 3 is 2.55 bits per heavy atom. The van der Waals surface area contributed by atoms with E-state index in [9.17, 15) is 14.0 Å². The second-order valence-corrected chi connectivity index (χ2v) is 9.02. The van der Waals surface area contributed by atoms with E-state index in [-0.39, 0.29) is 11.7 Å². The number of carbonyl (C=O) groups is 2. The molecule has 29 heavy (non-hydrogen) atoms. The first kappa shape index (κ1) is 21.0. The zero-order chi connectivity index (χ0) is 21.3. The summed E-state index contributed by atoms with van der Waals surface area (Å²) in [6.07, 6.45) is -0.899. The Morgan fingerprint density at radius 1 is 1.28 bits per heavy atom. The molecule has 0 saturated heterocycles. The molecular weight excluding hydrogens is 393 g/mol. The van der Waals surface area contributed by atoms with Crippen molar-refractivity contribution < 1.29 is 18.7 Å². The molecule has 0 aliphatic carbocycles. The number of ether oxygens (including phenoxy) is 1. The molecular formula is C21H24FN3O3S. The molecule has 0 spiro atoms. The number of hydrogen-bond donors (Lipinski definition) is 1. The lowest BCUT2D eigenvalue weighted by molar-refractivity contribution is -0.130. The van der Waals surface area contributed by atoms with Gasteiger partial charge < -0.3 is 10.1 Å². The molecule has 0 bridgehead atoms. The maximum atomic E-state index is 13.1. The molecule has 1 N–H and O–H groups in total. The third-order valence-electron chi connectivity index (χ3n) is 4.21. The Bertz CT molecular complexity index is 1050. The molecule has 154 valence electrons. The summed E-state index contributed by atoms with van der Waals surface area (Å²) in [4.78, 5) is 25.9. The van der Waals surface area contributed by atoms with Crippen LogP contribution in [0.3, 0.4) is 0 Å². The van der Waals surface area contributed by atoms with Gasteiger partial charge in [-0.3, -0.25) is 9.48 Å². The predicted molar refractivity (Wildman–Crippen MR) is 111 cm³/mol. The summed E-state index contributed by atoms with van der Waals surface area (Å²) in [5, 5.41) is 8.16. The lowest BCUT2D eigenvalue weighted by Gasteiger charge is -2.23. The van der Waals surface area contributed by atoms with Gasteiger partial charge in [-0.2, -0.15) is 5.10 Å². The van der Waals surface area contributed by atoms with Gasteiger partial charge in [-0.25, -0.2) is 9.18 Å².